The van der Waals surface area contributed by atoms with Gasteiger partial charge >= 0.3 is 11.9 Å². The second-order valence-electron chi connectivity index (χ2n) is 7.89. The monoisotopic (exact) mass is 513 g/mol. The Morgan fingerprint density at radius 2 is 1.94 bits per heavy atom. The number of hydrogen-bond acceptors (Lipinski definition) is 7. The zero-order valence-electron chi connectivity index (χ0n) is 19.4. The summed E-state index contributed by atoms with van der Waals surface area (Å²) in [6.07, 6.45) is -0.514. The second kappa shape index (κ2) is 11.5. The van der Waals surface area contributed by atoms with Gasteiger partial charge in [0.15, 0.2) is 18.3 Å². The summed E-state index contributed by atoms with van der Waals surface area (Å²) in [5, 5.41) is 22.3. The first-order valence-electron chi connectivity index (χ1n) is 10.7. The zero-order valence-corrected chi connectivity index (χ0v) is 20.1. The molecular formula is C25H21ClFN3O6. The van der Waals surface area contributed by atoms with E-state index in [1.165, 1.54) is 24.3 Å². The highest BCUT2D eigenvalue weighted by atomic mass is 35.5. The molecule has 1 heterocycles. The van der Waals surface area contributed by atoms with E-state index in [-0.39, 0.29) is 41.3 Å². The third kappa shape index (κ3) is 6.67. The molecule has 9 nitrogen and oxygen atoms in total. The van der Waals surface area contributed by atoms with Crippen molar-refractivity contribution >= 4 is 23.5 Å². The van der Waals surface area contributed by atoms with Crippen LogP contribution in [0.1, 0.15) is 40.8 Å². The first kappa shape index (κ1) is 26.4. The number of esters is 1. The maximum absolute atomic E-state index is 14.6. The van der Waals surface area contributed by atoms with Gasteiger partial charge in [0, 0.05) is 17.0 Å². The normalized spacial score (nSPS) is 10.5. The van der Waals surface area contributed by atoms with E-state index in [4.69, 9.17) is 31.4 Å². The second-order valence-corrected chi connectivity index (χ2v) is 8.33. The molecule has 0 saturated carbocycles. The van der Waals surface area contributed by atoms with Crippen LogP contribution in [0.4, 0.5) is 4.39 Å². The van der Waals surface area contributed by atoms with Gasteiger partial charge in [-0.3, -0.25) is 14.4 Å². The standard InChI is InChI=1S/C25H21ClFN3O6/c1-14-7-19(29-30(25(14)34)13-35-23(33)6-5-22(31)32)10-17-3-4-21(27)24(15(17)2)36-20-9-16(12-28)8-18(26)11-20/h3-4,7-9,11H,5-6,10,13H2,1-2H3,(H,31,32). The van der Waals surface area contributed by atoms with Crippen molar-refractivity contribution in [3.8, 4) is 17.6 Å². The Morgan fingerprint density at radius 1 is 1.19 bits per heavy atom. The largest absolute Gasteiger partial charge is 0.481 e. The minimum Gasteiger partial charge on any atom is -0.481 e. The van der Waals surface area contributed by atoms with Crippen LogP contribution in [0, 0.1) is 31.0 Å². The Labute approximate surface area is 210 Å². The number of nitrogens with zero attached hydrogens (tertiary/aromatic N) is 3. The van der Waals surface area contributed by atoms with Crippen LogP contribution in [-0.2, 0) is 27.5 Å². The average Bonchev–Trinajstić information content (AvgIpc) is 2.83. The van der Waals surface area contributed by atoms with E-state index in [2.05, 4.69) is 5.10 Å². The van der Waals surface area contributed by atoms with Gasteiger partial charge < -0.3 is 14.6 Å². The number of aliphatic carboxylic acids is 1. The molecular weight excluding hydrogens is 493 g/mol. The lowest BCUT2D eigenvalue weighted by Crippen LogP contribution is -2.28. The number of carbonyl (C=O) groups is 2. The lowest BCUT2D eigenvalue weighted by molar-refractivity contribution is -0.151. The molecule has 0 aliphatic heterocycles. The first-order valence-corrected chi connectivity index (χ1v) is 11.1. The van der Waals surface area contributed by atoms with Gasteiger partial charge in [-0.1, -0.05) is 17.7 Å². The number of aryl methyl sites for hydroxylation is 1. The molecule has 0 saturated heterocycles. The van der Waals surface area contributed by atoms with Crippen LogP contribution in [0.5, 0.6) is 11.5 Å². The molecule has 0 fully saturated rings. The molecule has 186 valence electrons. The van der Waals surface area contributed by atoms with Gasteiger partial charge in [-0.15, -0.1) is 0 Å². The van der Waals surface area contributed by atoms with E-state index in [0.717, 1.165) is 4.68 Å². The molecule has 1 N–H and O–H groups in total. The van der Waals surface area contributed by atoms with Gasteiger partial charge in [-0.25, -0.2) is 4.39 Å². The molecule has 3 aromatic rings. The van der Waals surface area contributed by atoms with Crippen molar-refractivity contribution in [2.75, 3.05) is 0 Å². The highest BCUT2D eigenvalue weighted by Gasteiger charge is 2.16. The number of halogens is 2. The van der Waals surface area contributed by atoms with Crippen LogP contribution >= 0.6 is 11.6 Å². The summed E-state index contributed by atoms with van der Waals surface area (Å²) in [7, 11) is 0. The summed E-state index contributed by atoms with van der Waals surface area (Å²) >= 11 is 6.01. The van der Waals surface area contributed by atoms with Gasteiger partial charge in [-0.05, 0) is 55.3 Å². The van der Waals surface area contributed by atoms with Crippen LogP contribution in [-0.4, -0.2) is 26.8 Å². The van der Waals surface area contributed by atoms with Gasteiger partial charge in [-0.2, -0.15) is 15.0 Å². The van der Waals surface area contributed by atoms with Gasteiger partial charge in [0.2, 0.25) is 0 Å². The Morgan fingerprint density at radius 3 is 2.64 bits per heavy atom. The van der Waals surface area contributed by atoms with Crippen molar-refractivity contribution < 1.29 is 28.6 Å². The van der Waals surface area contributed by atoms with E-state index in [1.54, 1.807) is 26.0 Å². The molecule has 3 rings (SSSR count). The summed E-state index contributed by atoms with van der Waals surface area (Å²) in [5.74, 6) is -2.37. The Balaban J connectivity index is 1.84. The summed E-state index contributed by atoms with van der Waals surface area (Å²) < 4.78 is 26.3. The van der Waals surface area contributed by atoms with E-state index in [1.807, 2.05) is 6.07 Å². The molecule has 36 heavy (non-hydrogen) atoms. The highest BCUT2D eigenvalue weighted by Crippen LogP contribution is 2.33. The maximum atomic E-state index is 14.6. The molecule has 0 amide bonds. The molecule has 0 atom stereocenters. The molecule has 0 radical (unpaired) electrons. The van der Waals surface area contributed by atoms with Gasteiger partial charge in [0.05, 0.1) is 30.2 Å². The minimum absolute atomic E-state index is 0.0453. The number of carboxylic acids is 1. The smallest absolute Gasteiger partial charge is 0.308 e. The van der Waals surface area contributed by atoms with Crippen molar-refractivity contribution in [1.29, 1.82) is 5.26 Å². The minimum atomic E-state index is -1.14. The number of carboxylic acid groups (broad SMARTS) is 1. The number of hydrogen-bond donors (Lipinski definition) is 1. The fourth-order valence-corrected chi connectivity index (χ4v) is 3.57. The fourth-order valence-electron chi connectivity index (χ4n) is 3.35. The van der Waals surface area contributed by atoms with E-state index >= 15 is 0 Å². The number of carbonyl (C=O) groups excluding carboxylic acids is 1. The van der Waals surface area contributed by atoms with Gasteiger partial charge in [0.25, 0.3) is 5.56 Å². The van der Waals surface area contributed by atoms with Crippen molar-refractivity contribution in [3.63, 3.8) is 0 Å². The summed E-state index contributed by atoms with van der Waals surface area (Å²) in [4.78, 5) is 34.7. The number of aromatic nitrogens is 2. The van der Waals surface area contributed by atoms with Crippen LogP contribution in [0.25, 0.3) is 0 Å². The first-order chi connectivity index (χ1) is 17.1. The number of ether oxygens (including phenoxy) is 2. The molecule has 0 aliphatic carbocycles. The number of nitriles is 1. The van der Waals surface area contributed by atoms with Crippen molar-refractivity contribution in [1.82, 2.24) is 9.78 Å². The quantitative estimate of drug-likeness (QED) is 0.419. The number of rotatable bonds is 9. The molecule has 0 unspecified atom stereocenters. The summed E-state index contributed by atoms with van der Waals surface area (Å²) in [5.41, 5.74) is 1.72. The SMILES string of the molecule is Cc1c(Cc2cc(C)c(=O)n(COC(=O)CCC(=O)O)n2)ccc(F)c1Oc1cc(Cl)cc(C#N)c1. The molecule has 11 heteroatoms. The fraction of sp³-hybridized carbons (Fsp3) is 0.240. The molecule has 2 aromatic carbocycles. The van der Waals surface area contributed by atoms with Crippen molar-refractivity contribution in [2.45, 2.75) is 39.8 Å². The maximum Gasteiger partial charge on any atom is 0.308 e. The predicted molar refractivity (Wildman–Crippen MR) is 126 cm³/mol. The molecule has 0 spiro atoms. The van der Waals surface area contributed by atoms with E-state index < -0.39 is 30.0 Å². The molecule has 0 aliphatic rings. The van der Waals surface area contributed by atoms with Gasteiger partial charge in [0.1, 0.15) is 5.75 Å². The Bertz CT molecular complexity index is 1430. The van der Waals surface area contributed by atoms with Crippen LogP contribution in [0.15, 0.2) is 41.2 Å². The van der Waals surface area contributed by atoms with Crippen molar-refractivity contribution in [2.24, 2.45) is 0 Å². The molecule has 1 aromatic heterocycles. The third-order valence-electron chi connectivity index (χ3n) is 5.16. The van der Waals surface area contributed by atoms with Crippen LogP contribution in [0.2, 0.25) is 5.02 Å². The average molecular weight is 514 g/mol. The topological polar surface area (TPSA) is 132 Å². The highest BCUT2D eigenvalue weighted by molar-refractivity contribution is 6.30. The van der Waals surface area contributed by atoms with Crippen molar-refractivity contribution in [3.05, 3.63) is 85.5 Å². The van der Waals surface area contributed by atoms with E-state index in [9.17, 15) is 18.8 Å². The predicted octanol–water partition coefficient (Wildman–Crippen LogP) is 4.27. The van der Waals surface area contributed by atoms with Crippen LogP contribution in [0.3, 0.4) is 0 Å². The lowest BCUT2D eigenvalue weighted by atomic mass is 10.0. The third-order valence-corrected chi connectivity index (χ3v) is 5.37. The Hall–Kier alpha value is -4.23. The zero-order chi connectivity index (χ0) is 26.4. The molecule has 0 bridgehead atoms. The summed E-state index contributed by atoms with van der Waals surface area (Å²) in [6.45, 7) is 2.77. The van der Waals surface area contributed by atoms with Crippen LogP contribution < -0.4 is 10.3 Å². The van der Waals surface area contributed by atoms with E-state index in [0.29, 0.717) is 22.4 Å². The Kier molecular flexibility index (Phi) is 8.40. The lowest BCUT2D eigenvalue weighted by Gasteiger charge is -2.15. The summed E-state index contributed by atoms with van der Waals surface area (Å²) in [6, 6.07) is 10.7. The number of benzene rings is 2.